The molecular formula is C43H68N2. The molecular weight excluding hydrogens is 544 g/mol. The zero-order valence-corrected chi connectivity index (χ0v) is 30.5. The Morgan fingerprint density at radius 3 is 1.69 bits per heavy atom. The molecule has 2 heteroatoms. The van der Waals surface area contributed by atoms with Crippen LogP contribution in [-0.2, 0) is 31.3 Å². The molecule has 0 radical (unpaired) electrons. The molecule has 1 aliphatic rings. The highest BCUT2D eigenvalue weighted by Gasteiger charge is 2.21. The van der Waals surface area contributed by atoms with Gasteiger partial charge in [0.1, 0.15) is 0 Å². The van der Waals surface area contributed by atoms with E-state index in [9.17, 15) is 0 Å². The van der Waals surface area contributed by atoms with Crippen LogP contribution in [-0.4, -0.2) is 24.0 Å². The van der Waals surface area contributed by atoms with Crippen LogP contribution in [0.25, 0.3) is 0 Å². The fourth-order valence-corrected chi connectivity index (χ4v) is 5.41. The predicted molar refractivity (Wildman–Crippen MR) is 204 cm³/mol. The SMILES string of the molecule is C=C.C=C.CC.CC(Cc1ccc(CNC2CCN(Cc3ccccc3)C2)cc1)Cc1ccc(C(C)(C)C)cc1.CCCCC. The standard InChI is InChI=1S/C32H42N2.C5H12.C2H6.2C2H4/c1-25(21-27-14-16-30(17-15-27)32(2,3)4)20-26-10-12-28(13-11-26)22-33-31-18-19-34(24-31)23-29-8-6-5-7-9-29;1-3-5-4-2;3*1-2/h5-17,25,31,33H,18-24H2,1-4H3;3-5H2,1-2H3;1-2H3;2*1-2H2. The van der Waals surface area contributed by atoms with Crippen LogP contribution in [0, 0.1) is 5.92 Å². The normalized spacial score (nSPS) is 14.6. The predicted octanol–water partition coefficient (Wildman–Crippen LogP) is 11.6. The van der Waals surface area contributed by atoms with Crippen molar-refractivity contribution in [3.8, 4) is 0 Å². The van der Waals surface area contributed by atoms with E-state index >= 15 is 0 Å². The van der Waals surface area contributed by atoms with E-state index < -0.39 is 0 Å². The molecule has 0 bridgehead atoms. The van der Waals surface area contributed by atoms with Gasteiger partial charge in [-0.05, 0) is 58.4 Å². The maximum Gasteiger partial charge on any atom is 0.0234 e. The average molecular weight is 613 g/mol. The van der Waals surface area contributed by atoms with E-state index in [2.05, 4.69) is 157 Å². The molecule has 4 rings (SSSR count). The number of rotatable bonds is 11. The number of hydrogen-bond acceptors (Lipinski definition) is 2. The second-order valence-electron chi connectivity index (χ2n) is 12.7. The van der Waals surface area contributed by atoms with Crippen LogP contribution in [0.3, 0.4) is 0 Å². The maximum absolute atomic E-state index is 3.78. The third kappa shape index (κ3) is 18.0. The highest BCUT2D eigenvalue weighted by molar-refractivity contribution is 5.28. The molecule has 1 aliphatic heterocycles. The molecule has 2 atom stereocenters. The molecule has 3 aromatic rings. The topological polar surface area (TPSA) is 15.3 Å². The number of unbranched alkanes of at least 4 members (excludes halogenated alkanes) is 2. The monoisotopic (exact) mass is 613 g/mol. The van der Waals surface area contributed by atoms with E-state index in [4.69, 9.17) is 0 Å². The molecule has 250 valence electrons. The van der Waals surface area contributed by atoms with E-state index in [-0.39, 0.29) is 5.41 Å². The Morgan fingerprint density at radius 1 is 0.733 bits per heavy atom. The van der Waals surface area contributed by atoms with Crippen LogP contribution < -0.4 is 5.32 Å². The molecule has 0 saturated carbocycles. The lowest BCUT2D eigenvalue weighted by Crippen LogP contribution is -2.31. The van der Waals surface area contributed by atoms with Crippen molar-refractivity contribution in [1.29, 1.82) is 0 Å². The molecule has 3 aromatic carbocycles. The first-order chi connectivity index (χ1) is 21.8. The van der Waals surface area contributed by atoms with Crippen molar-refractivity contribution >= 4 is 0 Å². The Balaban J connectivity index is 0.00000155. The van der Waals surface area contributed by atoms with E-state index in [0.29, 0.717) is 12.0 Å². The fourth-order valence-electron chi connectivity index (χ4n) is 5.41. The molecule has 0 spiro atoms. The summed E-state index contributed by atoms with van der Waals surface area (Å²) in [5.41, 5.74) is 7.32. The Kier molecular flexibility index (Phi) is 23.6. The van der Waals surface area contributed by atoms with Crippen molar-refractivity contribution < 1.29 is 0 Å². The molecule has 0 aromatic heterocycles. The number of likely N-dealkylation sites (tertiary alicyclic amines) is 1. The van der Waals surface area contributed by atoms with Gasteiger partial charge in [0.05, 0.1) is 0 Å². The van der Waals surface area contributed by atoms with Crippen molar-refractivity contribution in [2.45, 2.75) is 118 Å². The Labute approximate surface area is 280 Å². The van der Waals surface area contributed by atoms with E-state index in [1.807, 2.05) is 13.8 Å². The van der Waals surface area contributed by atoms with Crippen LogP contribution in [0.2, 0.25) is 0 Å². The zero-order valence-electron chi connectivity index (χ0n) is 30.5. The highest BCUT2D eigenvalue weighted by Crippen LogP contribution is 2.23. The fraction of sp³-hybridized carbons (Fsp3) is 0.488. The summed E-state index contributed by atoms with van der Waals surface area (Å²) >= 11 is 0. The summed E-state index contributed by atoms with van der Waals surface area (Å²) in [7, 11) is 0. The first kappa shape index (κ1) is 42.1. The molecule has 1 saturated heterocycles. The maximum atomic E-state index is 3.78. The average Bonchev–Trinajstić information content (AvgIpc) is 3.51. The van der Waals surface area contributed by atoms with Crippen molar-refractivity contribution in [2.75, 3.05) is 13.1 Å². The van der Waals surface area contributed by atoms with Gasteiger partial charge in [-0.15, -0.1) is 26.3 Å². The summed E-state index contributed by atoms with van der Waals surface area (Å²) in [4.78, 5) is 2.56. The number of nitrogens with one attached hydrogen (secondary N) is 1. The molecule has 1 heterocycles. The second-order valence-corrected chi connectivity index (χ2v) is 12.7. The van der Waals surface area contributed by atoms with Gasteiger partial charge in [-0.1, -0.05) is 154 Å². The van der Waals surface area contributed by atoms with E-state index in [1.165, 1.54) is 60.0 Å². The number of benzene rings is 3. The number of hydrogen-bond donors (Lipinski definition) is 1. The minimum atomic E-state index is 0.222. The van der Waals surface area contributed by atoms with Crippen molar-refractivity contribution in [2.24, 2.45) is 5.92 Å². The van der Waals surface area contributed by atoms with Crippen molar-refractivity contribution in [1.82, 2.24) is 10.2 Å². The highest BCUT2D eigenvalue weighted by atomic mass is 15.2. The molecule has 1 fully saturated rings. The van der Waals surface area contributed by atoms with E-state index in [0.717, 1.165) is 32.5 Å². The van der Waals surface area contributed by atoms with Gasteiger partial charge < -0.3 is 5.32 Å². The summed E-state index contributed by atoms with van der Waals surface area (Å²) in [5, 5.41) is 3.78. The summed E-state index contributed by atoms with van der Waals surface area (Å²) < 4.78 is 0. The van der Waals surface area contributed by atoms with Gasteiger partial charge in [0.2, 0.25) is 0 Å². The molecule has 45 heavy (non-hydrogen) atoms. The molecule has 2 unspecified atom stereocenters. The van der Waals surface area contributed by atoms with Gasteiger partial charge >= 0.3 is 0 Å². The molecule has 2 nitrogen and oxygen atoms in total. The summed E-state index contributed by atoms with van der Waals surface area (Å²) in [5.74, 6) is 0.638. The second kappa shape index (κ2) is 25.3. The Hall–Kier alpha value is -2.94. The van der Waals surface area contributed by atoms with E-state index in [1.54, 1.807) is 0 Å². The van der Waals surface area contributed by atoms with Crippen molar-refractivity contribution in [3.63, 3.8) is 0 Å². The van der Waals surface area contributed by atoms with Crippen LogP contribution in [0.5, 0.6) is 0 Å². The first-order valence-electron chi connectivity index (χ1n) is 17.4. The summed E-state index contributed by atoms with van der Waals surface area (Å²) in [6, 6.07) is 29.9. The minimum Gasteiger partial charge on any atom is -0.309 e. The molecule has 0 amide bonds. The summed E-state index contributed by atoms with van der Waals surface area (Å²) in [6.07, 6.45) is 7.58. The van der Waals surface area contributed by atoms with Gasteiger partial charge in [0.25, 0.3) is 0 Å². The number of nitrogens with zero attached hydrogens (tertiary/aromatic N) is 1. The third-order valence-electron chi connectivity index (χ3n) is 7.83. The van der Waals surface area contributed by atoms with Gasteiger partial charge in [0.15, 0.2) is 0 Å². The van der Waals surface area contributed by atoms with Crippen molar-refractivity contribution in [3.05, 3.63) is 133 Å². The quantitative estimate of drug-likeness (QED) is 0.217. The first-order valence-corrected chi connectivity index (χ1v) is 17.4. The lowest BCUT2D eigenvalue weighted by molar-refractivity contribution is 0.320. The van der Waals surface area contributed by atoms with Gasteiger partial charge in [-0.25, -0.2) is 0 Å². The largest absolute Gasteiger partial charge is 0.309 e. The van der Waals surface area contributed by atoms with Crippen LogP contribution in [0.15, 0.2) is 105 Å². The minimum absolute atomic E-state index is 0.222. The Bertz CT molecular complexity index is 1080. The van der Waals surface area contributed by atoms with Gasteiger partial charge in [-0.3, -0.25) is 4.90 Å². The van der Waals surface area contributed by atoms with Crippen LogP contribution in [0.4, 0.5) is 0 Å². The van der Waals surface area contributed by atoms with Gasteiger partial charge in [0, 0.05) is 32.2 Å². The smallest absolute Gasteiger partial charge is 0.0234 e. The Morgan fingerprint density at radius 2 is 1.22 bits per heavy atom. The van der Waals surface area contributed by atoms with Crippen LogP contribution >= 0.6 is 0 Å². The zero-order chi connectivity index (χ0) is 34.1. The molecule has 1 N–H and O–H groups in total. The third-order valence-corrected chi connectivity index (χ3v) is 7.83. The molecule has 0 aliphatic carbocycles. The van der Waals surface area contributed by atoms with Crippen LogP contribution in [0.1, 0.15) is 109 Å². The lowest BCUT2D eigenvalue weighted by atomic mass is 9.86. The summed E-state index contributed by atoms with van der Waals surface area (Å²) in [6.45, 7) is 34.0. The van der Waals surface area contributed by atoms with Gasteiger partial charge in [-0.2, -0.15) is 0 Å². The lowest BCUT2D eigenvalue weighted by Gasteiger charge is -2.19.